The van der Waals surface area contributed by atoms with Gasteiger partial charge in [-0.05, 0) is 57.9 Å². The number of hydrogen-bond acceptors (Lipinski definition) is 4. The molecular weight excluding hydrogens is 304 g/mol. The highest BCUT2D eigenvalue weighted by atomic mass is 16.5. The monoisotopic (exact) mass is 334 g/mol. The Morgan fingerprint density at radius 2 is 2.12 bits per heavy atom. The Morgan fingerprint density at radius 3 is 2.83 bits per heavy atom. The number of ether oxygens (including phenoxy) is 2. The van der Waals surface area contributed by atoms with Crippen molar-refractivity contribution in [2.24, 2.45) is 0 Å². The maximum atomic E-state index is 12.6. The van der Waals surface area contributed by atoms with Crippen LogP contribution in [0.1, 0.15) is 56.8 Å². The van der Waals surface area contributed by atoms with Crippen LogP contribution in [0.25, 0.3) is 0 Å². The van der Waals surface area contributed by atoms with E-state index >= 15 is 0 Å². The van der Waals surface area contributed by atoms with Gasteiger partial charge in [-0.2, -0.15) is 0 Å². The molecule has 1 aromatic rings. The lowest BCUT2D eigenvalue weighted by atomic mass is 9.99. The van der Waals surface area contributed by atoms with E-state index < -0.39 is 0 Å². The highest BCUT2D eigenvalue weighted by Crippen LogP contribution is 2.29. The fourth-order valence-electron chi connectivity index (χ4n) is 2.86. The van der Waals surface area contributed by atoms with Crippen molar-refractivity contribution < 1.29 is 14.3 Å². The Morgan fingerprint density at radius 1 is 1.29 bits per heavy atom. The number of benzene rings is 1. The molecule has 1 fully saturated rings. The van der Waals surface area contributed by atoms with Crippen LogP contribution in [0.2, 0.25) is 0 Å². The maximum Gasteiger partial charge on any atom is 0.251 e. The van der Waals surface area contributed by atoms with Crippen molar-refractivity contribution in [2.45, 2.75) is 58.5 Å². The second kappa shape index (κ2) is 9.52. The molecule has 1 heterocycles. The van der Waals surface area contributed by atoms with Crippen molar-refractivity contribution >= 4 is 5.91 Å². The van der Waals surface area contributed by atoms with Crippen molar-refractivity contribution in [2.75, 3.05) is 19.8 Å². The van der Waals surface area contributed by atoms with E-state index in [9.17, 15) is 4.79 Å². The van der Waals surface area contributed by atoms with Crippen molar-refractivity contribution in [3.05, 3.63) is 23.8 Å². The molecule has 5 heteroatoms. The first-order valence-corrected chi connectivity index (χ1v) is 9.09. The van der Waals surface area contributed by atoms with Crippen molar-refractivity contribution in [1.29, 1.82) is 0 Å². The van der Waals surface area contributed by atoms with Crippen LogP contribution < -0.4 is 20.1 Å². The number of amides is 1. The molecule has 0 saturated carbocycles. The summed E-state index contributed by atoms with van der Waals surface area (Å²) in [6.45, 7) is 8.39. The third kappa shape index (κ3) is 5.13. The van der Waals surface area contributed by atoms with Gasteiger partial charge in [0.05, 0.1) is 13.2 Å². The van der Waals surface area contributed by atoms with Gasteiger partial charge in [0.25, 0.3) is 5.91 Å². The van der Waals surface area contributed by atoms with E-state index in [0.717, 1.165) is 32.2 Å². The molecule has 134 valence electrons. The Balaban J connectivity index is 2.05. The first-order chi connectivity index (χ1) is 11.7. The zero-order valence-corrected chi connectivity index (χ0v) is 15.1. The lowest BCUT2D eigenvalue weighted by Gasteiger charge is -2.30. The summed E-state index contributed by atoms with van der Waals surface area (Å²) in [4.78, 5) is 12.6. The van der Waals surface area contributed by atoms with E-state index in [0.29, 0.717) is 36.3 Å². The van der Waals surface area contributed by atoms with Crippen LogP contribution in [-0.2, 0) is 0 Å². The third-order valence-electron chi connectivity index (χ3n) is 4.34. The lowest BCUT2D eigenvalue weighted by Crippen LogP contribution is -2.51. The van der Waals surface area contributed by atoms with Crippen molar-refractivity contribution in [1.82, 2.24) is 10.6 Å². The second-order valence-corrected chi connectivity index (χ2v) is 6.26. The standard InChI is InChI=1S/C19H30N2O3/c1-4-6-12-24-17-10-9-15(13-18(17)23-5-2)19(22)21-16-8-7-11-20-14(16)3/h9-10,13-14,16,20H,4-8,11-12H2,1-3H3,(H,21,22). The topological polar surface area (TPSA) is 59.6 Å². The molecule has 1 saturated heterocycles. The summed E-state index contributed by atoms with van der Waals surface area (Å²) >= 11 is 0. The van der Waals surface area contributed by atoms with Crippen LogP contribution in [0.3, 0.4) is 0 Å². The van der Waals surface area contributed by atoms with Gasteiger partial charge in [0.2, 0.25) is 0 Å². The second-order valence-electron chi connectivity index (χ2n) is 6.26. The summed E-state index contributed by atoms with van der Waals surface area (Å²) in [5.41, 5.74) is 0.610. The molecule has 0 radical (unpaired) electrons. The molecule has 1 aromatic carbocycles. The SMILES string of the molecule is CCCCOc1ccc(C(=O)NC2CCCNC2C)cc1OCC. The average Bonchev–Trinajstić information content (AvgIpc) is 2.58. The number of hydrogen-bond donors (Lipinski definition) is 2. The Bertz CT molecular complexity index is 533. The van der Waals surface area contributed by atoms with Crippen LogP contribution >= 0.6 is 0 Å². The molecule has 0 aliphatic carbocycles. The summed E-state index contributed by atoms with van der Waals surface area (Å²) in [5, 5.41) is 6.53. The molecule has 0 bridgehead atoms. The number of rotatable bonds is 8. The molecular formula is C19H30N2O3. The molecule has 2 unspecified atom stereocenters. The average molecular weight is 334 g/mol. The maximum absolute atomic E-state index is 12.6. The number of carbonyl (C=O) groups excluding carboxylic acids is 1. The van der Waals surface area contributed by atoms with Crippen LogP contribution in [0.4, 0.5) is 0 Å². The van der Waals surface area contributed by atoms with E-state index in [-0.39, 0.29) is 11.9 Å². The molecule has 2 N–H and O–H groups in total. The van der Waals surface area contributed by atoms with Gasteiger partial charge in [-0.15, -0.1) is 0 Å². The van der Waals surface area contributed by atoms with Crippen LogP contribution in [0.5, 0.6) is 11.5 Å². The summed E-state index contributed by atoms with van der Waals surface area (Å²) in [5.74, 6) is 1.28. The highest BCUT2D eigenvalue weighted by Gasteiger charge is 2.23. The van der Waals surface area contributed by atoms with Gasteiger partial charge in [-0.1, -0.05) is 13.3 Å². The first-order valence-electron chi connectivity index (χ1n) is 9.09. The van der Waals surface area contributed by atoms with Crippen molar-refractivity contribution in [3.8, 4) is 11.5 Å². The van der Waals surface area contributed by atoms with Gasteiger partial charge in [0, 0.05) is 17.6 Å². The molecule has 1 aliphatic rings. The third-order valence-corrected chi connectivity index (χ3v) is 4.34. The normalized spacial score (nSPS) is 20.5. The van der Waals surface area contributed by atoms with E-state index in [1.54, 1.807) is 12.1 Å². The van der Waals surface area contributed by atoms with E-state index in [4.69, 9.17) is 9.47 Å². The van der Waals surface area contributed by atoms with Gasteiger partial charge in [-0.3, -0.25) is 4.79 Å². The molecule has 5 nitrogen and oxygen atoms in total. The van der Waals surface area contributed by atoms with Crippen LogP contribution in [-0.4, -0.2) is 37.7 Å². The smallest absolute Gasteiger partial charge is 0.251 e. The quantitative estimate of drug-likeness (QED) is 0.717. The Kier molecular flexibility index (Phi) is 7.37. The number of carbonyl (C=O) groups is 1. The molecule has 24 heavy (non-hydrogen) atoms. The lowest BCUT2D eigenvalue weighted by molar-refractivity contribution is 0.0919. The van der Waals surface area contributed by atoms with Gasteiger partial charge in [0.15, 0.2) is 11.5 Å². The zero-order valence-electron chi connectivity index (χ0n) is 15.1. The van der Waals surface area contributed by atoms with Gasteiger partial charge < -0.3 is 20.1 Å². The summed E-state index contributed by atoms with van der Waals surface area (Å²) < 4.78 is 11.4. The molecule has 2 atom stereocenters. The molecule has 0 spiro atoms. The van der Waals surface area contributed by atoms with E-state index in [1.807, 2.05) is 13.0 Å². The Hall–Kier alpha value is -1.75. The molecule has 1 amide bonds. The van der Waals surface area contributed by atoms with Crippen molar-refractivity contribution in [3.63, 3.8) is 0 Å². The minimum absolute atomic E-state index is 0.0587. The van der Waals surface area contributed by atoms with Gasteiger partial charge in [-0.25, -0.2) is 0 Å². The summed E-state index contributed by atoms with van der Waals surface area (Å²) in [6.07, 6.45) is 4.18. The number of piperidine rings is 1. The van der Waals surface area contributed by atoms with E-state index in [1.165, 1.54) is 0 Å². The molecule has 1 aliphatic heterocycles. The minimum Gasteiger partial charge on any atom is -0.490 e. The van der Waals surface area contributed by atoms with Crippen LogP contribution in [0.15, 0.2) is 18.2 Å². The zero-order chi connectivity index (χ0) is 17.4. The highest BCUT2D eigenvalue weighted by molar-refractivity contribution is 5.95. The van der Waals surface area contributed by atoms with Crippen LogP contribution in [0, 0.1) is 0 Å². The Labute approximate surface area is 145 Å². The van der Waals surface area contributed by atoms with E-state index in [2.05, 4.69) is 24.5 Å². The fourth-order valence-corrected chi connectivity index (χ4v) is 2.86. The predicted octanol–water partition coefficient (Wildman–Crippen LogP) is 3.13. The number of nitrogens with one attached hydrogen (secondary N) is 2. The van der Waals surface area contributed by atoms with Gasteiger partial charge >= 0.3 is 0 Å². The molecule has 0 aromatic heterocycles. The molecule has 2 rings (SSSR count). The number of unbranched alkanes of at least 4 members (excludes halogenated alkanes) is 1. The fraction of sp³-hybridized carbons (Fsp3) is 0.632. The summed E-state index contributed by atoms with van der Waals surface area (Å²) in [6, 6.07) is 5.88. The predicted molar refractivity (Wildman–Crippen MR) is 96.0 cm³/mol. The minimum atomic E-state index is -0.0587. The largest absolute Gasteiger partial charge is 0.490 e. The summed E-state index contributed by atoms with van der Waals surface area (Å²) in [7, 11) is 0. The van der Waals surface area contributed by atoms with Gasteiger partial charge in [0.1, 0.15) is 0 Å². The first kappa shape index (κ1) is 18.6.